The van der Waals surface area contributed by atoms with Gasteiger partial charge in [0, 0.05) is 0 Å². The molecule has 0 unspecified atom stereocenters. The Hall–Kier alpha value is -1.55. The zero-order chi connectivity index (χ0) is 14.3. The van der Waals surface area contributed by atoms with Crippen molar-refractivity contribution in [1.29, 1.82) is 0 Å². The molecule has 1 fully saturated rings. The zero-order valence-electron chi connectivity index (χ0n) is 10.2. The summed E-state index contributed by atoms with van der Waals surface area (Å²) in [5.74, 6) is 0.249. The van der Waals surface area contributed by atoms with Crippen molar-refractivity contribution in [3.8, 4) is 0 Å². The fourth-order valence-corrected chi connectivity index (χ4v) is 2.50. The maximum atomic E-state index is 10.1. The minimum Gasteiger partial charge on any atom is -0.387 e. The van der Waals surface area contributed by atoms with Crippen molar-refractivity contribution in [1.82, 2.24) is 19.5 Å². The second-order valence-corrected chi connectivity index (χ2v) is 4.90. The molecule has 4 N–H and O–H groups in total. The molecular weight excluding hydrogens is 330 g/mol. The van der Waals surface area contributed by atoms with E-state index in [1.165, 1.54) is 17.2 Å². The number of fused-ring (bicyclic) bond motifs is 1. The smallest absolute Gasteiger partial charge is 0.167 e. The van der Waals surface area contributed by atoms with Crippen LogP contribution in [0.3, 0.4) is 0 Å². The number of aliphatic hydroxyl groups excluding tert-OH is 2. The van der Waals surface area contributed by atoms with Crippen molar-refractivity contribution in [2.24, 2.45) is 0 Å². The molecule has 106 valence electrons. The fraction of sp³-hybridized carbons (Fsp3) is 0.364. The van der Waals surface area contributed by atoms with Crippen LogP contribution < -0.4 is 5.73 Å². The van der Waals surface area contributed by atoms with Gasteiger partial charge in [0.1, 0.15) is 30.2 Å². The molecule has 2 aromatic heterocycles. The highest BCUT2D eigenvalue weighted by atomic mass is 79.9. The standard InChI is InChI=1S/C11H12BrN5O3/c12-2-1-5-7(18)8(19)11(20-5)17-4-16-6-9(13)14-3-15-10(6)17/h1-5,7-8,11,18-19H,(H2,13,14,15)/b2-1-/t5-,7-,8-,11-/m1/s1. The summed E-state index contributed by atoms with van der Waals surface area (Å²) < 4.78 is 7.15. The van der Waals surface area contributed by atoms with E-state index in [4.69, 9.17) is 10.5 Å². The first-order chi connectivity index (χ1) is 9.63. The van der Waals surface area contributed by atoms with Crippen LogP contribution in [0.5, 0.6) is 0 Å². The van der Waals surface area contributed by atoms with E-state index in [-0.39, 0.29) is 5.82 Å². The SMILES string of the molecule is Nc1ncnc2c1ncn2[C@@H]1O[C@H](/C=C\Br)[C@@H](O)[C@H]1O. The third kappa shape index (κ3) is 1.99. The summed E-state index contributed by atoms with van der Waals surface area (Å²) in [6.45, 7) is 0. The molecular formula is C11H12BrN5O3. The molecule has 0 amide bonds. The molecule has 3 heterocycles. The summed E-state index contributed by atoms with van der Waals surface area (Å²) in [7, 11) is 0. The molecule has 1 aliphatic rings. The van der Waals surface area contributed by atoms with E-state index in [0.29, 0.717) is 11.2 Å². The molecule has 20 heavy (non-hydrogen) atoms. The molecule has 4 atom stereocenters. The summed E-state index contributed by atoms with van der Waals surface area (Å²) in [5, 5.41) is 20.1. The van der Waals surface area contributed by atoms with E-state index < -0.39 is 24.5 Å². The maximum Gasteiger partial charge on any atom is 0.167 e. The van der Waals surface area contributed by atoms with Crippen molar-refractivity contribution < 1.29 is 14.9 Å². The number of nitrogens with two attached hydrogens (primary N) is 1. The normalized spacial score (nSPS) is 30.6. The predicted octanol–water partition coefficient (Wildman–Crippen LogP) is -0.0637. The monoisotopic (exact) mass is 341 g/mol. The van der Waals surface area contributed by atoms with Gasteiger partial charge in [0.2, 0.25) is 0 Å². The number of hydrogen-bond donors (Lipinski definition) is 3. The van der Waals surface area contributed by atoms with Gasteiger partial charge in [-0.05, 0) is 11.1 Å². The van der Waals surface area contributed by atoms with E-state index in [9.17, 15) is 10.2 Å². The number of halogens is 1. The number of nitrogens with zero attached hydrogens (tertiary/aromatic N) is 4. The van der Waals surface area contributed by atoms with Crippen molar-refractivity contribution >= 4 is 32.9 Å². The summed E-state index contributed by atoms with van der Waals surface area (Å²) >= 11 is 3.12. The van der Waals surface area contributed by atoms with Crippen molar-refractivity contribution in [3.05, 3.63) is 23.7 Å². The second-order valence-electron chi connectivity index (χ2n) is 4.37. The van der Waals surface area contributed by atoms with Gasteiger partial charge in [-0.3, -0.25) is 4.57 Å². The highest BCUT2D eigenvalue weighted by Gasteiger charge is 2.43. The van der Waals surface area contributed by atoms with Crippen LogP contribution in [0.4, 0.5) is 5.82 Å². The summed E-state index contributed by atoms with van der Waals surface area (Å²) in [6, 6.07) is 0. The largest absolute Gasteiger partial charge is 0.387 e. The molecule has 0 aliphatic carbocycles. The van der Waals surface area contributed by atoms with Gasteiger partial charge in [-0.15, -0.1) is 0 Å². The molecule has 0 bridgehead atoms. The van der Waals surface area contributed by atoms with Gasteiger partial charge in [-0.25, -0.2) is 15.0 Å². The number of anilines is 1. The van der Waals surface area contributed by atoms with Crippen LogP contribution in [0.25, 0.3) is 11.2 Å². The Kier molecular flexibility index (Phi) is 3.42. The van der Waals surface area contributed by atoms with E-state index in [1.807, 2.05) is 0 Å². The predicted molar refractivity (Wildman–Crippen MR) is 73.7 cm³/mol. The molecule has 0 aromatic carbocycles. The van der Waals surface area contributed by atoms with Gasteiger partial charge in [0.15, 0.2) is 17.7 Å². The fourth-order valence-electron chi connectivity index (χ4n) is 2.20. The number of aromatic nitrogens is 4. The lowest BCUT2D eigenvalue weighted by Crippen LogP contribution is -2.30. The molecule has 8 nitrogen and oxygen atoms in total. The zero-order valence-corrected chi connectivity index (χ0v) is 11.8. The first kappa shape index (κ1) is 13.4. The second kappa shape index (κ2) is 5.09. The molecule has 1 saturated heterocycles. The molecule has 3 rings (SSSR count). The van der Waals surface area contributed by atoms with Crippen molar-refractivity contribution in [2.45, 2.75) is 24.5 Å². The van der Waals surface area contributed by atoms with Gasteiger partial charge in [0.25, 0.3) is 0 Å². The highest BCUT2D eigenvalue weighted by Crippen LogP contribution is 2.32. The average Bonchev–Trinajstić information content (AvgIpc) is 2.97. The van der Waals surface area contributed by atoms with E-state index in [0.717, 1.165) is 0 Å². The number of nitrogen functional groups attached to an aromatic ring is 1. The van der Waals surface area contributed by atoms with Crippen LogP contribution >= 0.6 is 15.9 Å². The van der Waals surface area contributed by atoms with Crippen molar-refractivity contribution in [2.75, 3.05) is 5.73 Å². The quantitative estimate of drug-likeness (QED) is 0.699. The Morgan fingerprint density at radius 2 is 2.10 bits per heavy atom. The minimum atomic E-state index is -1.10. The maximum absolute atomic E-state index is 10.1. The molecule has 9 heteroatoms. The summed E-state index contributed by atoms with van der Waals surface area (Å²) in [4.78, 5) is 13.6. The van der Waals surface area contributed by atoms with Crippen LogP contribution in [0.2, 0.25) is 0 Å². The van der Waals surface area contributed by atoms with Gasteiger partial charge in [0.05, 0.1) is 6.33 Å². The number of ether oxygens (including phenoxy) is 1. The minimum absolute atomic E-state index is 0.249. The van der Waals surface area contributed by atoms with Gasteiger partial charge in [-0.2, -0.15) is 0 Å². The Morgan fingerprint density at radius 3 is 2.85 bits per heavy atom. The first-order valence-corrected chi connectivity index (χ1v) is 6.76. The van der Waals surface area contributed by atoms with E-state index in [1.54, 1.807) is 11.1 Å². The molecule has 1 aliphatic heterocycles. The Balaban J connectivity index is 2.02. The van der Waals surface area contributed by atoms with Gasteiger partial charge >= 0.3 is 0 Å². The summed E-state index contributed by atoms with van der Waals surface area (Å²) in [6.07, 6.45) is 0.822. The van der Waals surface area contributed by atoms with Crippen LogP contribution in [0.15, 0.2) is 23.7 Å². The Labute approximate surface area is 122 Å². The average molecular weight is 342 g/mol. The highest BCUT2D eigenvalue weighted by molar-refractivity contribution is 9.11. The van der Waals surface area contributed by atoms with E-state index in [2.05, 4.69) is 30.9 Å². The molecule has 0 spiro atoms. The lowest BCUT2D eigenvalue weighted by atomic mass is 10.1. The number of imidazole rings is 1. The Bertz CT molecular complexity index is 661. The summed E-state index contributed by atoms with van der Waals surface area (Å²) in [5.41, 5.74) is 6.58. The first-order valence-electron chi connectivity index (χ1n) is 5.85. The third-order valence-corrected chi connectivity index (χ3v) is 3.50. The molecule has 2 aromatic rings. The van der Waals surface area contributed by atoms with Crippen molar-refractivity contribution in [3.63, 3.8) is 0 Å². The van der Waals surface area contributed by atoms with Gasteiger partial charge in [-0.1, -0.05) is 15.9 Å². The Morgan fingerprint density at radius 1 is 1.30 bits per heavy atom. The third-order valence-electron chi connectivity index (χ3n) is 3.20. The van der Waals surface area contributed by atoms with Gasteiger partial charge < -0.3 is 20.7 Å². The topological polar surface area (TPSA) is 119 Å². The number of aliphatic hydroxyl groups is 2. The van der Waals surface area contributed by atoms with Crippen LogP contribution in [0, 0.1) is 0 Å². The van der Waals surface area contributed by atoms with Crippen LogP contribution in [-0.4, -0.2) is 48.0 Å². The van der Waals surface area contributed by atoms with Crippen LogP contribution in [-0.2, 0) is 4.74 Å². The van der Waals surface area contributed by atoms with Crippen LogP contribution in [0.1, 0.15) is 6.23 Å². The lowest BCUT2D eigenvalue weighted by Gasteiger charge is -2.16. The number of rotatable bonds is 2. The molecule has 0 radical (unpaired) electrons. The van der Waals surface area contributed by atoms with E-state index >= 15 is 0 Å². The lowest BCUT2D eigenvalue weighted by molar-refractivity contribution is -0.0244. The molecule has 0 saturated carbocycles. The number of hydrogen-bond acceptors (Lipinski definition) is 7.